The van der Waals surface area contributed by atoms with Crippen LogP contribution < -0.4 is 10.5 Å². The minimum absolute atomic E-state index is 0.144. The molecule has 2 unspecified atom stereocenters. The van der Waals surface area contributed by atoms with E-state index in [1.165, 1.54) is 0 Å². The predicted molar refractivity (Wildman–Crippen MR) is 104 cm³/mol. The van der Waals surface area contributed by atoms with E-state index in [1.807, 2.05) is 55.1 Å². The standard InChI is InChI=1S/C21H24N4O/c1-14(10-15(2)23)13-26-20-5-4-16(11-17(20)12-22)18-6-8-24-19-7-9-25(3)21(18)19/h4-9,11,14-15H,10,13,23H2,1-3H3. The maximum absolute atomic E-state index is 9.56. The smallest absolute Gasteiger partial charge is 0.137 e. The quantitative estimate of drug-likeness (QED) is 0.734. The van der Waals surface area contributed by atoms with E-state index in [2.05, 4.69) is 18.0 Å². The second kappa shape index (κ2) is 7.59. The normalized spacial score (nSPS) is 13.3. The van der Waals surface area contributed by atoms with Gasteiger partial charge in [-0.25, -0.2) is 0 Å². The zero-order valence-electron chi connectivity index (χ0n) is 15.4. The Morgan fingerprint density at radius 1 is 1.27 bits per heavy atom. The summed E-state index contributed by atoms with van der Waals surface area (Å²) in [5.74, 6) is 0.953. The highest BCUT2D eigenvalue weighted by molar-refractivity contribution is 5.92. The molecule has 3 rings (SSSR count). The molecule has 0 bridgehead atoms. The van der Waals surface area contributed by atoms with Crippen molar-refractivity contribution >= 4 is 11.0 Å². The van der Waals surface area contributed by atoms with Gasteiger partial charge < -0.3 is 15.0 Å². The third kappa shape index (κ3) is 3.71. The van der Waals surface area contributed by atoms with Gasteiger partial charge in [-0.15, -0.1) is 0 Å². The molecule has 2 aromatic heterocycles. The van der Waals surface area contributed by atoms with Crippen molar-refractivity contribution in [3.05, 3.63) is 48.3 Å². The zero-order valence-corrected chi connectivity index (χ0v) is 15.4. The SMILES string of the molecule is CC(N)CC(C)COc1ccc(-c2ccnc3ccn(C)c23)cc1C#N. The maximum Gasteiger partial charge on any atom is 0.137 e. The molecule has 0 aliphatic rings. The number of pyridine rings is 1. The van der Waals surface area contributed by atoms with Gasteiger partial charge in [-0.05, 0) is 49.1 Å². The number of rotatable bonds is 6. The number of aryl methyl sites for hydroxylation is 1. The van der Waals surface area contributed by atoms with Gasteiger partial charge in [0.25, 0.3) is 0 Å². The highest BCUT2D eigenvalue weighted by Gasteiger charge is 2.13. The summed E-state index contributed by atoms with van der Waals surface area (Å²) in [4.78, 5) is 4.40. The molecule has 0 saturated carbocycles. The Morgan fingerprint density at radius 3 is 2.81 bits per heavy atom. The predicted octanol–water partition coefficient (Wildman–Crippen LogP) is 3.86. The Kier molecular flexibility index (Phi) is 5.24. The van der Waals surface area contributed by atoms with Crippen molar-refractivity contribution in [1.29, 1.82) is 5.26 Å². The average Bonchev–Trinajstić information content (AvgIpc) is 3.00. The first-order chi connectivity index (χ1) is 12.5. The van der Waals surface area contributed by atoms with Crippen molar-refractivity contribution in [2.24, 2.45) is 18.7 Å². The topological polar surface area (TPSA) is 76.9 Å². The fourth-order valence-electron chi connectivity index (χ4n) is 3.30. The third-order valence-electron chi connectivity index (χ3n) is 4.47. The van der Waals surface area contributed by atoms with E-state index < -0.39 is 0 Å². The molecular weight excluding hydrogens is 324 g/mol. The van der Waals surface area contributed by atoms with E-state index in [9.17, 15) is 5.26 Å². The van der Waals surface area contributed by atoms with Crippen LogP contribution in [0.5, 0.6) is 5.75 Å². The summed E-state index contributed by atoms with van der Waals surface area (Å²) >= 11 is 0. The van der Waals surface area contributed by atoms with Gasteiger partial charge in [0.05, 0.1) is 23.2 Å². The highest BCUT2D eigenvalue weighted by Crippen LogP contribution is 2.31. The summed E-state index contributed by atoms with van der Waals surface area (Å²) in [6, 6.07) is 12.1. The first-order valence-electron chi connectivity index (χ1n) is 8.82. The molecular formula is C21H24N4O. The third-order valence-corrected chi connectivity index (χ3v) is 4.47. The molecule has 0 saturated heterocycles. The Labute approximate surface area is 154 Å². The van der Waals surface area contributed by atoms with Crippen molar-refractivity contribution in [2.45, 2.75) is 26.3 Å². The Hall–Kier alpha value is -2.84. The van der Waals surface area contributed by atoms with Crippen LogP contribution in [0.3, 0.4) is 0 Å². The molecule has 1 aromatic carbocycles. The molecule has 134 valence electrons. The van der Waals surface area contributed by atoms with Gasteiger partial charge >= 0.3 is 0 Å². The van der Waals surface area contributed by atoms with Crippen LogP contribution in [0.4, 0.5) is 0 Å². The number of nitrogens with zero attached hydrogens (tertiary/aromatic N) is 3. The monoisotopic (exact) mass is 348 g/mol. The summed E-state index contributed by atoms with van der Waals surface area (Å²) in [6.07, 6.45) is 4.68. The van der Waals surface area contributed by atoms with Gasteiger partial charge in [0, 0.05) is 31.0 Å². The molecule has 0 fully saturated rings. The summed E-state index contributed by atoms with van der Waals surface area (Å²) in [5.41, 5.74) is 10.4. The zero-order chi connectivity index (χ0) is 18.7. The lowest BCUT2D eigenvalue weighted by Gasteiger charge is -2.16. The summed E-state index contributed by atoms with van der Waals surface area (Å²) in [7, 11) is 2.00. The van der Waals surface area contributed by atoms with Gasteiger partial charge in [-0.1, -0.05) is 13.0 Å². The average molecular weight is 348 g/mol. The fourth-order valence-corrected chi connectivity index (χ4v) is 3.30. The second-order valence-electron chi connectivity index (χ2n) is 6.97. The number of aromatic nitrogens is 2. The highest BCUT2D eigenvalue weighted by atomic mass is 16.5. The van der Waals surface area contributed by atoms with Crippen LogP contribution in [0.2, 0.25) is 0 Å². The minimum atomic E-state index is 0.144. The van der Waals surface area contributed by atoms with E-state index in [0.29, 0.717) is 23.8 Å². The minimum Gasteiger partial charge on any atom is -0.492 e. The lowest BCUT2D eigenvalue weighted by atomic mass is 10.0. The first-order valence-corrected chi connectivity index (χ1v) is 8.82. The van der Waals surface area contributed by atoms with Crippen LogP contribution in [0.25, 0.3) is 22.2 Å². The van der Waals surface area contributed by atoms with E-state index >= 15 is 0 Å². The molecule has 5 heteroatoms. The first kappa shape index (κ1) is 18.0. The molecule has 26 heavy (non-hydrogen) atoms. The van der Waals surface area contributed by atoms with E-state index in [4.69, 9.17) is 10.5 Å². The van der Waals surface area contributed by atoms with Crippen molar-refractivity contribution in [1.82, 2.24) is 9.55 Å². The van der Waals surface area contributed by atoms with Gasteiger partial charge in [0.2, 0.25) is 0 Å². The van der Waals surface area contributed by atoms with Crippen LogP contribution in [0, 0.1) is 17.2 Å². The van der Waals surface area contributed by atoms with Gasteiger partial charge in [0.15, 0.2) is 0 Å². The second-order valence-corrected chi connectivity index (χ2v) is 6.97. The van der Waals surface area contributed by atoms with Crippen LogP contribution in [0.1, 0.15) is 25.8 Å². The van der Waals surface area contributed by atoms with Crippen LogP contribution in [-0.4, -0.2) is 22.2 Å². The molecule has 0 aliphatic carbocycles. The number of fused-ring (bicyclic) bond motifs is 1. The number of nitriles is 1. The molecule has 2 N–H and O–H groups in total. The van der Waals surface area contributed by atoms with Gasteiger partial charge in [0.1, 0.15) is 11.8 Å². The molecule has 5 nitrogen and oxygen atoms in total. The number of nitrogens with two attached hydrogens (primary N) is 1. The maximum atomic E-state index is 9.56. The van der Waals surface area contributed by atoms with Crippen molar-refractivity contribution in [3.8, 4) is 22.9 Å². The number of hydrogen-bond donors (Lipinski definition) is 1. The molecule has 0 radical (unpaired) electrons. The van der Waals surface area contributed by atoms with E-state index in [0.717, 1.165) is 28.6 Å². The van der Waals surface area contributed by atoms with Crippen molar-refractivity contribution < 1.29 is 4.74 Å². The molecule has 3 aromatic rings. The molecule has 2 atom stereocenters. The van der Waals surface area contributed by atoms with Gasteiger partial charge in [-0.3, -0.25) is 4.98 Å². The van der Waals surface area contributed by atoms with Crippen LogP contribution >= 0.6 is 0 Å². The lowest BCUT2D eigenvalue weighted by Crippen LogP contribution is -2.21. The van der Waals surface area contributed by atoms with Crippen LogP contribution in [0.15, 0.2) is 42.7 Å². The largest absolute Gasteiger partial charge is 0.492 e. The molecule has 0 amide bonds. The fraction of sp³-hybridized carbons (Fsp3) is 0.333. The summed E-state index contributed by atoms with van der Waals surface area (Å²) < 4.78 is 7.93. The number of ether oxygens (including phenoxy) is 1. The summed E-state index contributed by atoms with van der Waals surface area (Å²) in [5, 5.41) is 9.56. The van der Waals surface area contributed by atoms with Crippen molar-refractivity contribution in [3.63, 3.8) is 0 Å². The molecule has 0 aliphatic heterocycles. The van der Waals surface area contributed by atoms with E-state index in [1.54, 1.807) is 6.20 Å². The Balaban J connectivity index is 1.89. The number of benzene rings is 1. The van der Waals surface area contributed by atoms with Gasteiger partial charge in [-0.2, -0.15) is 5.26 Å². The Bertz CT molecular complexity index is 952. The Morgan fingerprint density at radius 2 is 2.08 bits per heavy atom. The molecule has 2 heterocycles. The summed E-state index contributed by atoms with van der Waals surface area (Å²) in [6.45, 7) is 4.64. The van der Waals surface area contributed by atoms with E-state index in [-0.39, 0.29) is 6.04 Å². The molecule has 0 spiro atoms. The number of hydrogen-bond acceptors (Lipinski definition) is 4. The van der Waals surface area contributed by atoms with Crippen LogP contribution in [-0.2, 0) is 7.05 Å². The lowest BCUT2D eigenvalue weighted by molar-refractivity contribution is 0.246. The van der Waals surface area contributed by atoms with Crippen molar-refractivity contribution in [2.75, 3.05) is 6.61 Å².